The Morgan fingerprint density at radius 1 is 1.24 bits per heavy atom. The first-order valence-electron chi connectivity index (χ1n) is 9.41. The van der Waals surface area contributed by atoms with E-state index in [1.54, 1.807) is 0 Å². The lowest BCUT2D eigenvalue weighted by atomic mass is 10.2. The quantitative estimate of drug-likeness (QED) is 0.287. The van der Waals surface area contributed by atoms with E-state index < -0.39 is 14.9 Å². The summed E-state index contributed by atoms with van der Waals surface area (Å²) in [7, 11) is -2.77. The zero-order chi connectivity index (χ0) is 23.6. The van der Waals surface area contributed by atoms with Crippen molar-refractivity contribution in [2.24, 2.45) is 0 Å². The summed E-state index contributed by atoms with van der Waals surface area (Å²) in [5.74, 6) is -0.261. The molecule has 0 aliphatic carbocycles. The fourth-order valence-electron chi connectivity index (χ4n) is 3.01. The number of nitro groups is 1. The second-order valence-corrected chi connectivity index (χ2v) is 9.33. The van der Waals surface area contributed by atoms with Crippen LogP contribution in [0.3, 0.4) is 0 Å². The van der Waals surface area contributed by atoms with E-state index in [-0.39, 0.29) is 40.0 Å². The van der Waals surface area contributed by atoms with Gasteiger partial charge in [-0.05, 0) is 30.3 Å². The first kappa shape index (κ1) is 22.2. The second kappa shape index (κ2) is 8.88. The number of benzene rings is 2. The maximum atomic E-state index is 12.8. The molecule has 170 valence electrons. The van der Waals surface area contributed by atoms with Crippen molar-refractivity contribution in [1.29, 1.82) is 0 Å². The molecule has 2 aromatic carbocycles. The molecule has 0 fully saturated rings. The van der Waals surface area contributed by atoms with E-state index in [4.69, 9.17) is 4.74 Å². The van der Waals surface area contributed by atoms with Gasteiger partial charge >= 0.3 is 0 Å². The molecular formula is C20H17N5O6S2. The first-order valence-corrected chi connectivity index (χ1v) is 11.8. The number of amides is 1. The zero-order valence-corrected chi connectivity index (χ0v) is 18.7. The Kier molecular flexibility index (Phi) is 5.98. The molecule has 13 heteroatoms. The van der Waals surface area contributed by atoms with Crippen LogP contribution in [0.4, 0.5) is 11.4 Å². The topological polar surface area (TPSA) is 145 Å². The number of hydrogen-bond donors (Lipinski definition) is 2. The van der Waals surface area contributed by atoms with Crippen molar-refractivity contribution < 1.29 is 22.9 Å². The highest BCUT2D eigenvalue weighted by atomic mass is 32.2. The standard InChI is InChI=1S/C20H17N5O6S2/c1-31-18-7-4-15(25(27)28)10-17(18)23-33(29,30)16-5-2-13(3-6-16)19(26)21-11-14-12-24-8-9-32-20(24)22-14/h2-10,12,23H,11H2,1H3,(H,21,26). The van der Waals surface area contributed by atoms with Crippen molar-refractivity contribution in [1.82, 2.24) is 14.7 Å². The number of fused-ring (bicyclic) bond motifs is 1. The van der Waals surface area contributed by atoms with Crippen LogP contribution in [0.2, 0.25) is 0 Å². The van der Waals surface area contributed by atoms with Gasteiger partial charge in [0.1, 0.15) is 5.75 Å². The van der Waals surface area contributed by atoms with Crippen molar-refractivity contribution >= 4 is 43.6 Å². The molecule has 0 bridgehead atoms. The van der Waals surface area contributed by atoms with Crippen LogP contribution in [0.1, 0.15) is 16.1 Å². The molecule has 0 saturated carbocycles. The number of anilines is 1. The number of carbonyl (C=O) groups is 1. The van der Waals surface area contributed by atoms with Crippen molar-refractivity contribution in [2.75, 3.05) is 11.8 Å². The number of carbonyl (C=O) groups excluding carboxylic acids is 1. The SMILES string of the molecule is COc1ccc([N+](=O)[O-])cc1NS(=O)(=O)c1ccc(C(=O)NCc2cn3ccsc3n2)cc1. The smallest absolute Gasteiger partial charge is 0.271 e. The number of nitro benzene ring substituents is 1. The Balaban J connectivity index is 1.46. The number of aromatic nitrogens is 2. The molecule has 2 N–H and O–H groups in total. The van der Waals surface area contributed by atoms with Gasteiger partial charge in [-0.3, -0.25) is 24.0 Å². The Morgan fingerprint density at radius 2 is 2.00 bits per heavy atom. The highest BCUT2D eigenvalue weighted by molar-refractivity contribution is 7.92. The van der Waals surface area contributed by atoms with Crippen molar-refractivity contribution in [2.45, 2.75) is 11.4 Å². The molecule has 0 radical (unpaired) electrons. The summed E-state index contributed by atoms with van der Waals surface area (Å²) in [5, 5.41) is 15.7. The number of rotatable bonds is 8. The summed E-state index contributed by atoms with van der Waals surface area (Å²) in [6.45, 7) is 0.224. The minimum atomic E-state index is -4.09. The van der Waals surface area contributed by atoms with Crippen molar-refractivity contribution in [3.8, 4) is 5.75 Å². The number of sulfonamides is 1. The Morgan fingerprint density at radius 3 is 2.67 bits per heavy atom. The normalized spacial score (nSPS) is 11.3. The molecule has 0 saturated heterocycles. The second-order valence-electron chi connectivity index (χ2n) is 6.78. The molecular weight excluding hydrogens is 470 g/mol. The van der Waals surface area contributed by atoms with Gasteiger partial charge in [-0.25, -0.2) is 13.4 Å². The maximum Gasteiger partial charge on any atom is 0.271 e. The average molecular weight is 488 g/mol. The molecule has 4 aromatic rings. The fraction of sp³-hybridized carbons (Fsp3) is 0.100. The molecule has 0 aliphatic heterocycles. The Labute approximate surface area is 191 Å². The average Bonchev–Trinajstić information content (AvgIpc) is 3.39. The summed E-state index contributed by atoms with van der Waals surface area (Å²) in [4.78, 5) is 27.9. The molecule has 33 heavy (non-hydrogen) atoms. The summed E-state index contributed by atoms with van der Waals surface area (Å²) in [6, 6.07) is 8.87. The minimum absolute atomic E-state index is 0.0755. The Bertz CT molecular complexity index is 1410. The fourth-order valence-corrected chi connectivity index (χ4v) is 4.79. The molecule has 2 heterocycles. The predicted molar refractivity (Wildman–Crippen MR) is 121 cm³/mol. The third-order valence-electron chi connectivity index (χ3n) is 4.64. The van der Waals surface area contributed by atoms with Gasteiger partial charge in [0.05, 0.1) is 34.9 Å². The van der Waals surface area contributed by atoms with Crippen LogP contribution < -0.4 is 14.8 Å². The van der Waals surface area contributed by atoms with Crippen molar-refractivity contribution in [3.05, 3.63) is 81.6 Å². The van der Waals surface area contributed by atoms with Gasteiger partial charge in [0, 0.05) is 35.5 Å². The largest absolute Gasteiger partial charge is 0.495 e. The first-order chi connectivity index (χ1) is 15.8. The Hall–Kier alpha value is -3.97. The molecule has 0 spiro atoms. The molecule has 0 unspecified atom stereocenters. The number of nitrogens with one attached hydrogen (secondary N) is 2. The van der Waals surface area contributed by atoms with Gasteiger partial charge in [0.25, 0.3) is 21.6 Å². The molecule has 0 atom stereocenters. The number of thiazole rings is 1. The van der Waals surface area contributed by atoms with Gasteiger partial charge in [-0.2, -0.15) is 0 Å². The molecule has 4 rings (SSSR count). The summed E-state index contributed by atoms with van der Waals surface area (Å²) in [5.41, 5.74) is 0.596. The number of non-ortho nitro benzene ring substituents is 1. The summed E-state index contributed by atoms with van der Waals surface area (Å²) in [6.07, 6.45) is 3.68. The third-order valence-corrected chi connectivity index (χ3v) is 6.79. The van der Waals surface area contributed by atoms with Gasteiger partial charge in [-0.1, -0.05) is 0 Å². The van der Waals surface area contributed by atoms with Gasteiger partial charge in [0.2, 0.25) is 0 Å². The number of methoxy groups -OCH3 is 1. The van der Waals surface area contributed by atoms with E-state index in [2.05, 4.69) is 15.0 Å². The van der Waals surface area contributed by atoms with Crippen LogP contribution in [-0.2, 0) is 16.6 Å². The van der Waals surface area contributed by atoms with E-state index in [1.807, 2.05) is 22.2 Å². The molecule has 11 nitrogen and oxygen atoms in total. The molecule has 0 aliphatic rings. The highest BCUT2D eigenvalue weighted by Gasteiger charge is 2.20. The predicted octanol–water partition coefficient (Wildman–Crippen LogP) is 3.04. The number of hydrogen-bond acceptors (Lipinski definition) is 8. The lowest BCUT2D eigenvalue weighted by molar-refractivity contribution is -0.384. The lowest BCUT2D eigenvalue weighted by Crippen LogP contribution is -2.23. The van der Waals surface area contributed by atoms with E-state index in [0.29, 0.717) is 5.69 Å². The number of nitrogens with zero attached hydrogens (tertiary/aromatic N) is 3. The summed E-state index contributed by atoms with van der Waals surface area (Å²) < 4.78 is 34.7. The zero-order valence-electron chi connectivity index (χ0n) is 17.1. The van der Waals surface area contributed by atoms with Crippen molar-refractivity contribution in [3.63, 3.8) is 0 Å². The van der Waals surface area contributed by atoms with Crippen LogP contribution in [0, 0.1) is 10.1 Å². The number of imidazole rings is 1. The number of ether oxygens (including phenoxy) is 1. The van der Waals surface area contributed by atoms with E-state index in [1.165, 1.54) is 54.8 Å². The minimum Gasteiger partial charge on any atom is -0.495 e. The molecule has 1 amide bonds. The molecule has 2 aromatic heterocycles. The monoisotopic (exact) mass is 487 g/mol. The maximum absolute atomic E-state index is 12.8. The third kappa shape index (κ3) is 4.78. The van der Waals surface area contributed by atoms with E-state index in [0.717, 1.165) is 11.0 Å². The van der Waals surface area contributed by atoms with Crippen LogP contribution in [0.15, 0.2) is 65.1 Å². The summed E-state index contributed by atoms with van der Waals surface area (Å²) >= 11 is 1.48. The van der Waals surface area contributed by atoms with Gasteiger partial charge in [-0.15, -0.1) is 11.3 Å². The van der Waals surface area contributed by atoms with Gasteiger partial charge < -0.3 is 10.1 Å². The lowest BCUT2D eigenvalue weighted by Gasteiger charge is -2.12. The van der Waals surface area contributed by atoms with E-state index in [9.17, 15) is 23.3 Å². The highest BCUT2D eigenvalue weighted by Crippen LogP contribution is 2.30. The van der Waals surface area contributed by atoms with Crippen LogP contribution in [0.25, 0.3) is 4.96 Å². The van der Waals surface area contributed by atoms with Gasteiger partial charge in [0.15, 0.2) is 4.96 Å². The van der Waals surface area contributed by atoms with Crippen LogP contribution >= 0.6 is 11.3 Å². The van der Waals surface area contributed by atoms with Crippen LogP contribution in [0.5, 0.6) is 5.75 Å². The van der Waals surface area contributed by atoms with Crippen LogP contribution in [-0.4, -0.2) is 35.7 Å². The van der Waals surface area contributed by atoms with E-state index >= 15 is 0 Å².